The molecule has 0 atom stereocenters. The molecule has 4 N–H and O–H groups in total. The molecule has 0 aliphatic heterocycles. The molecule has 0 fully saturated rings. The standard InChI is InChI=1S/2C17H11ClN2O6S.Ca/c2*18-13-8-10(27(24,25)26)5-6-14(13)19-20-15-11-4-2-1-3-9(11)7-12(16(15)21)17(22)23;/h2*1-8,21H,(H,22,23)(H,24,25,26);/q;;+2/p-2. The molecule has 0 aromatic heterocycles. The van der Waals surface area contributed by atoms with Gasteiger partial charge in [-0.2, -0.15) is 21.9 Å². The Kier molecular flexibility index (Phi) is 13.6. The summed E-state index contributed by atoms with van der Waals surface area (Å²) in [4.78, 5) is 21.7. The fraction of sp³-hybridized carbons (Fsp3) is 0. The van der Waals surface area contributed by atoms with Gasteiger partial charge < -0.3 is 25.2 Å². The zero-order valence-corrected chi connectivity index (χ0v) is 32.7. The van der Waals surface area contributed by atoms with Gasteiger partial charge in [-0.25, -0.2) is 4.79 Å². The van der Waals surface area contributed by atoms with Gasteiger partial charge in [0.05, 0.1) is 31.5 Å². The summed E-state index contributed by atoms with van der Waals surface area (Å²) >= 11 is 11.9. The Labute approximate surface area is 350 Å². The number of fused-ring (bicyclic) bond motifs is 2. The molecule has 16 nitrogen and oxygen atoms in total. The van der Waals surface area contributed by atoms with Gasteiger partial charge in [0.25, 0.3) is 20.2 Å². The largest absolute Gasteiger partial charge is 2.00 e. The number of aromatic carboxylic acids is 2. The Hall–Kier alpha value is -4.76. The first kappa shape index (κ1) is 43.0. The van der Waals surface area contributed by atoms with Crippen LogP contribution in [-0.2, 0) is 20.2 Å². The third kappa shape index (κ3) is 9.92. The molecule has 6 aromatic rings. The molecule has 276 valence electrons. The smallest absolute Gasteiger partial charge is 0.871 e. The number of nitrogens with zero attached hydrogens (tertiary/aromatic N) is 4. The molecule has 0 aliphatic carbocycles. The maximum Gasteiger partial charge on any atom is 2.00 e. The SMILES string of the molecule is O=C(O)c1cc2ccccc2c(N=Nc2ccc(S(=O)(=O)O)cc2Cl)c1O.O=C([O-])c1cc2ccccc2c(N=Nc2ccc(S(=O)(=O)O)cc2Cl)c1[O-].[Ca+2]. The second kappa shape index (κ2) is 17.4. The van der Waals surface area contributed by atoms with Crippen LogP contribution in [0.4, 0.5) is 22.7 Å². The van der Waals surface area contributed by atoms with Gasteiger partial charge in [0, 0.05) is 10.8 Å². The number of benzene rings is 6. The predicted octanol–water partition coefficient (Wildman–Crippen LogP) is 6.77. The number of carboxylic acid groups (broad SMARTS) is 2. The number of azo groups is 2. The van der Waals surface area contributed by atoms with Crippen LogP contribution >= 0.6 is 23.2 Å². The Morgan fingerprint density at radius 3 is 1.45 bits per heavy atom. The second-order valence-corrected chi connectivity index (χ2v) is 14.5. The van der Waals surface area contributed by atoms with Crippen molar-refractivity contribution in [2.75, 3.05) is 0 Å². The van der Waals surface area contributed by atoms with Gasteiger partial charge >= 0.3 is 43.7 Å². The topological polar surface area (TPSA) is 279 Å². The van der Waals surface area contributed by atoms with Crippen LogP contribution in [-0.4, -0.2) is 85.8 Å². The van der Waals surface area contributed by atoms with Crippen molar-refractivity contribution >= 4 is 137 Å². The molecule has 0 heterocycles. The number of carboxylic acids is 2. The van der Waals surface area contributed by atoms with Crippen molar-refractivity contribution in [3.8, 4) is 11.5 Å². The fourth-order valence-electron chi connectivity index (χ4n) is 4.81. The van der Waals surface area contributed by atoms with E-state index in [2.05, 4.69) is 20.5 Å². The maximum atomic E-state index is 12.4. The molecule has 55 heavy (non-hydrogen) atoms. The number of rotatable bonds is 8. The first-order valence-corrected chi connectivity index (χ1v) is 18.3. The van der Waals surface area contributed by atoms with E-state index in [9.17, 15) is 46.9 Å². The summed E-state index contributed by atoms with van der Waals surface area (Å²) in [6, 6.07) is 22.2. The predicted molar refractivity (Wildman–Crippen MR) is 197 cm³/mol. The fourth-order valence-corrected chi connectivity index (χ4v) is 6.39. The van der Waals surface area contributed by atoms with Crippen molar-refractivity contribution < 1.29 is 56.0 Å². The number of carbonyl (C=O) groups excluding carboxylic acids is 1. The molecule has 0 radical (unpaired) electrons. The molecule has 6 rings (SSSR count). The minimum atomic E-state index is -4.44. The van der Waals surface area contributed by atoms with Crippen LogP contribution in [0.25, 0.3) is 21.5 Å². The summed E-state index contributed by atoms with van der Waals surface area (Å²) in [6.07, 6.45) is 0. The summed E-state index contributed by atoms with van der Waals surface area (Å²) in [5.41, 5.74) is -1.10. The quantitative estimate of drug-likeness (QED) is 0.0701. The van der Waals surface area contributed by atoms with Crippen LogP contribution in [0.2, 0.25) is 10.0 Å². The number of hydrogen-bond acceptors (Lipinski definition) is 13. The molecule has 0 spiro atoms. The number of aromatic hydroxyl groups is 1. The van der Waals surface area contributed by atoms with Crippen LogP contribution in [0.15, 0.2) is 127 Å². The third-order valence-electron chi connectivity index (χ3n) is 7.37. The van der Waals surface area contributed by atoms with Crippen molar-refractivity contribution in [1.29, 1.82) is 0 Å². The average molecular weight is 852 g/mol. The van der Waals surface area contributed by atoms with E-state index in [1.165, 1.54) is 24.3 Å². The van der Waals surface area contributed by atoms with Gasteiger partial charge in [-0.1, -0.05) is 77.5 Å². The normalized spacial score (nSPS) is 11.7. The van der Waals surface area contributed by atoms with Gasteiger partial charge in [0.1, 0.15) is 22.6 Å². The van der Waals surface area contributed by atoms with E-state index in [-0.39, 0.29) is 76.1 Å². The summed E-state index contributed by atoms with van der Waals surface area (Å²) in [6.45, 7) is 0. The minimum absolute atomic E-state index is 0. The first-order valence-electron chi connectivity index (χ1n) is 14.7. The molecular formula is C34H20CaCl2N4O12S2. The van der Waals surface area contributed by atoms with Crippen molar-refractivity contribution in [2.45, 2.75) is 9.79 Å². The summed E-state index contributed by atoms with van der Waals surface area (Å²) in [7, 11) is -8.86. The van der Waals surface area contributed by atoms with Crippen molar-refractivity contribution in [2.24, 2.45) is 20.5 Å². The molecule has 0 bridgehead atoms. The van der Waals surface area contributed by atoms with E-state index < -0.39 is 59.0 Å². The van der Waals surface area contributed by atoms with Crippen LogP contribution in [0.1, 0.15) is 20.7 Å². The van der Waals surface area contributed by atoms with E-state index in [0.29, 0.717) is 21.5 Å². The van der Waals surface area contributed by atoms with E-state index in [1.807, 2.05) is 0 Å². The molecule has 0 amide bonds. The summed E-state index contributed by atoms with van der Waals surface area (Å²) in [5.74, 6) is -4.40. The van der Waals surface area contributed by atoms with Gasteiger partial charge in [-0.05, 0) is 64.9 Å². The molecule has 21 heteroatoms. The minimum Gasteiger partial charge on any atom is -0.871 e. The molecule has 0 unspecified atom stereocenters. The summed E-state index contributed by atoms with van der Waals surface area (Å²) in [5, 5.41) is 60.1. The van der Waals surface area contributed by atoms with Crippen molar-refractivity contribution in [1.82, 2.24) is 0 Å². The van der Waals surface area contributed by atoms with Crippen molar-refractivity contribution in [3.63, 3.8) is 0 Å². The molecule has 0 saturated carbocycles. The van der Waals surface area contributed by atoms with Crippen LogP contribution in [0.5, 0.6) is 11.5 Å². The molecule has 0 saturated heterocycles. The number of halogens is 2. The van der Waals surface area contributed by atoms with Gasteiger partial charge in [-0.3, -0.25) is 9.11 Å². The van der Waals surface area contributed by atoms with Gasteiger partial charge in [-0.15, -0.1) is 15.3 Å². The maximum absolute atomic E-state index is 12.4. The Morgan fingerprint density at radius 2 is 1.04 bits per heavy atom. The zero-order chi connectivity index (χ0) is 39.5. The number of hydrogen-bond donors (Lipinski definition) is 4. The van der Waals surface area contributed by atoms with Crippen LogP contribution < -0.4 is 10.2 Å². The summed E-state index contributed by atoms with van der Waals surface area (Å²) < 4.78 is 62.5. The number of carbonyl (C=O) groups is 2. The molecular weight excluding hydrogens is 832 g/mol. The Morgan fingerprint density at radius 1 is 0.618 bits per heavy atom. The van der Waals surface area contributed by atoms with E-state index in [4.69, 9.17) is 32.3 Å². The van der Waals surface area contributed by atoms with E-state index in [0.717, 1.165) is 24.3 Å². The first-order chi connectivity index (χ1) is 25.4. The monoisotopic (exact) mass is 850 g/mol. The molecule has 6 aromatic carbocycles. The average Bonchev–Trinajstić information content (AvgIpc) is 3.10. The molecule has 0 aliphatic rings. The second-order valence-electron chi connectivity index (χ2n) is 10.8. The van der Waals surface area contributed by atoms with Crippen molar-refractivity contribution in [3.05, 3.63) is 118 Å². The third-order valence-corrected chi connectivity index (χ3v) is 9.68. The zero-order valence-electron chi connectivity index (χ0n) is 27.4. The van der Waals surface area contributed by atoms with Crippen LogP contribution in [0.3, 0.4) is 0 Å². The number of phenols is 1. The van der Waals surface area contributed by atoms with Gasteiger partial charge in [0.2, 0.25) is 0 Å². The van der Waals surface area contributed by atoms with Gasteiger partial charge in [0.15, 0.2) is 5.75 Å². The Bertz CT molecular complexity index is 2610. The van der Waals surface area contributed by atoms with Crippen LogP contribution in [0, 0.1) is 0 Å². The van der Waals surface area contributed by atoms with E-state index in [1.54, 1.807) is 48.5 Å². The van der Waals surface area contributed by atoms with E-state index >= 15 is 0 Å². The Balaban J connectivity index is 0.000000240.